The smallest absolute Gasteiger partial charge is 0.312 e. The molecule has 0 amide bonds. The minimum Gasteiger partial charge on any atom is -0.502 e. The number of hydrogen-bond donors (Lipinski definition) is 1. The minimum atomic E-state index is -0.708. The molecule has 0 saturated carbocycles. The lowest BCUT2D eigenvalue weighted by Crippen LogP contribution is -1.92. The zero-order valence-electron chi connectivity index (χ0n) is 14.1. The van der Waals surface area contributed by atoms with Crippen LogP contribution >= 0.6 is 11.6 Å². The summed E-state index contributed by atoms with van der Waals surface area (Å²) in [6.45, 7) is 0. The Hall–Kier alpha value is -3.78. The average Bonchev–Trinajstić information content (AvgIpc) is 3.12. The van der Waals surface area contributed by atoms with Gasteiger partial charge in [-0.25, -0.2) is 4.98 Å². The summed E-state index contributed by atoms with van der Waals surface area (Å²) >= 11 is 5.88. The number of nitrogens with zero attached hydrogens (tertiary/aromatic N) is 4. The number of benzene rings is 2. The van der Waals surface area contributed by atoms with Gasteiger partial charge in [-0.1, -0.05) is 11.6 Å². The second-order valence-corrected chi connectivity index (χ2v) is 6.23. The SMILES string of the molecule is O=[N+]([O-])c1cc(Cl)cc(C=Nc2ccc3oc(-c4cccnc4)nc3c2)c1O. The van der Waals surface area contributed by atoms with E-state index in [4.69, 9.17) is 16.0 Å². The molecule has 0 bridgehead atoms. The first kappa shape index (κ1) is 17.6. The van der Waals surface area contributed by atoms with Crippen LogP contribution in [0.4, 0.5) is 11.4 Å². The summed E-state index contributed by atoms with van der Waals surface area (Å²) < 4.78 is 5.71. The lowest BCUT2D eigenvalue weighted by Gasteiger charge is -2.01. The third-order valence-electron chi connectivity index (χ3n) is 3.91. The molecule has 0 saturated heterocycles. The van der Waals surface area contributed by atoms with Crippen molar-refractivity contribution >= 4 is 40.3 Å². The second kappa shape index (κ2) is 7.09. The van der Waals surface area contributed by atoms with Crippen molar-refractivity contribution < 1.29 is 14.4 Å². The van der Waals surface area contributed by atoms with E-state index in [0.717, 1.165) is 11.6 Å². The maximum absolute atomic E-state index is 11.0. The summed E-state index contributed by atoms with van der Waals surface area (Å²) in [5, 5.41) is 21.1. The molecule has 2 aromatic heterocycles. The van der Waals surface area contributed by atoms with E-state index in [2.05, 4.69) is 15.0 Å². The molecule has 0 unspecified atom stereocenters. The van der Waals surface area contributed by atoms with Gasteiger partial charge in [0.05, 0.1) is 16.2 Å². The van der Waals surface area contributed by atoms with Gasteiger partial charge in [0.2, 0.25) is 11.6 Å². The van der Waals surface area contributed by atoms with Gasteiger partial charge in [0, 0.05) is 35.3 Å². The molecule has 0 atom stereocenters. The standard InChI is InChI=1S/C19H11ClN4O4/c20-13-6-12(18(25)16(7-13)24(26)27)10-22-14-3-4-17-15(8-14)23-19(28-17)11-2-1-5-21-9-11/h1-10,25H. The summed E-state index contributed by atoms with van der Waals surface area (Å²) in [4.78, 5) is 23.0. The van der Waals surface area contributed by atoms with E-state index in [1.807, 2.05) is 6.07 Å². The lowest BCUT2D eigenvalue weighted by molar-refractivity contribution is -0.385. The van der Waals surface area contributed by atoms with Crippen LogP contribution in [0.5, 0.6) is 5.75 Å². The Kier molecular flexibility index (Phi) is 4.46. The van der Waals surface area contributed by atoms with Crippen molar-refractivity contribution in [3.63, 3.8) is 0 Å². The Balaban J connectivity index is 1.68. The van der Waals surface area contributed by atoms with Gasteiger partial charge < -0.3 is 9.52 Å². The number of oxazole rings is 1. The highest BCUT2D eigenvalue weighted by Crippen LogP contribution is 2.33. The van der Waals surface area contributed by atoms with Gasteiger partial charge in [-0.15, -0.1) is 0 Å². The van der Waals surface area contributed by atoms with Crippen molar-refractivity contribution in [1.82, 2.24) is 9.97 Å². The number of nitro benzene ring substituents is 1. The van der Waals surface area contributed by atoms with Crippen LogP contribution in [-0.4, -0.2) is 26.2 Å². The fourth-order valence-electron chi connectivity index (χ4n) is 2.60. The molecule has 9 heteroatoms. The quantitative estimate of drug-likeness (QED) is 0.299. The number of aliphatic imine (C=N–C) groups is 1. The Labute approximate surface area is 162 Å². The van der Waals surface area contributed by atoms with Crippen molar-refractivity contribution in [2.75, 3.05) is 0 Å². The number of phenolic OH excluding ortho intramolecular Hbond substituents is 1. The van der Waals surface area contributed by atoms with E-state index < -0.39 is 16.4 Å². The molecule has 2 heterocycles. The average molecular weight is 395 g/mol. The molecule has 28 heavy (non-hydrogen) atoms. The Bertz CT molecular complexity index is 1220. The van der Waals surface area contributed by atoms with E-state index in [0.29, 0.717) is 22.7 Å². The van der Waals surface area contributed by atoms with Gasteiger partial charge in [-0.2, -0.15) is 0 Å². The number of hydrogen-bond acceptors (Lipinski definition) is 7. The third-order valence-corrected chi connectivity index (χ3v) is 4.13. The molecule has 0 fully saturated rings. The molecule has 4 rings (SSSR count). The van der Waals surface area contributed by atoms with Crippen LogP contribution in [0.25, 0.3) is 22.6 Å². The predicted octanol–water partition coefficient (Wildman–Crippen LogP) is 4.91. The van der Waals surface area contributed by atoms with E-state index in [9.17, 15) is 15.2 Å². The number of phenols is 1. The number of nitro groups is 1. The second-order valence-electron chi connectivity index (χ2n) is 5.79. The van der Waals surface area contributed by atoms with Gasteiger partial charge in [-0.05, 0) is 36.4 Å². The first-order chi connectivity index (χ1) is 13.5. The molecular weight excluding hydrogens is 384 g/mol. The molecule has 0 aliphatic rings. The van der Waals surface area contributed by atoms with E-state index in [1.165, 1.54) is 12.3 Å². The van der Waals surface area contributed by atoms with Gasteiger partial charge in [0.1, 0.15) is 5.52 Å². The van der Waals surface area contributed by atoms with Gasteiger partial charge in [0.15, 0.2) is 5.58 Å². The molecule has 0 radical (unpaired) electrons. The summed E-state index contributed by atoms with van der Waals surface area (Å²) in [6, 6.07) is 11.2. The number of pyridine rings is 1. The van der Waals surface area contributed by atoms with Crippen LogP contribution in [0.1, 0.15) is 5.56 Å². The van der Waals surface area contributed by atoms with Crippen LogP contribution in [0.15, 0.2) is 64.3 Å². The third kappa shape index (κ3) is 3.40. The van der Waals surface area contributed by atoms with Crippen LogP contribution in [0, 0.1) is 10.1 Å². The highest BCUT2D eigenvalue weighted by molar-refractivity contribution is 6.31. The number of aromatic nitrogens is 2. The topological polar surface area (TPSA) is 115 Å². The highest BCUT2D eigenvalue weighted by Gasteiger charge is 2.17. The lowest BCUT2D eigenvalue weighted by atomic mass is 10.2. The number of aromatic hydroxyl groups is 1. The first-order valence-corrected chi connectivity index (χ1v) is 8.41. The van der Waals surface area contributed by atoms with Gasteiger partial charge >= 0.3 is 5.69 Å². The molecule has 0 aliphatic carbocycles. The largest absolute Gasteiger partial charge is 0.502 e. The maximum Gasteiger partial charge on any atom is 0.312 e. The van der Waals surface area contributed by atoms with Crippen molar-refractivity contribution in [3.05, 3.63) is 75.6 Å². The van der Waals surface area contributed by atoms with E-state index in [1.54, 1.807) is 36.7 Å². The molecule has 0 aliphatic heterocycles. The Morgan fingerprint density at radius 2 is 2.11 bits per heavy atom. The number of fused-ring (bicyclic) bond motifs is 1. The van der Waals surface area contributed by atoms with Crippen molar-refractivity contribution in [1.29, 1.82) is 0 Å². The Morgan fingerprint density at radius 3 is 2.86 bits per heavy atom. The fraction of sp³-hybridized carbons (Fsp3) is 0. The molecule has 8 nitrogen and oxygen atoms in total. The molecule has 1 N–H and O–H groups in total. The summed E-state index contributed by atoms with van der Waals surface area (Å²) in [7, 11) is 0. The Morgan fingerprint density at radius 1 is 1.25 bits per heavy atom. The summed E-state index contributed by atoms with van der Waals surface area (Å²) in [5.41, 5.74) is 2.10. The monoisotopic (exact) mass is 394 g/mol. The van der Waals surface area contributed by atoms with Gasteiger partial charge in [0.25, 0.3) is 0 Å². The molecule has 4 aromatic rings. The molecule has 138 valence electrons. The van der Waals surface area contributed by atoms with Crippen LogP contribution in [-0.2, 0) is 0 Å². The highest BCUT2D eigenvalue weighted by atomic mass is 35.5. The normalized spacial score (nSPS) is 11.3. The fourth-order valence-corrected chi connectivity index (χ4v) is 2.82. The summed E-state index contributed by atoms with van der Waals surface area (Å²) in [6.07, 6.45) is 4.62. The zero-order chi connectivity index (χ0) is 19.7. The summed E-state index contributed by atoms with van der Waals surface area (Å²) in [5.74, 6) is -0.0631. The maximum atomic E-state index is 11.0. The van der Waals surface area contributed by atoms with Crippen LogP contribution in [0.2, 0.25) is 5.02 Å². The van der Waals surface area contributed by atoms with Crippen molar-refractivity contribution in [3.8, 4) is 17.2 Å². The van der Waals surface area contributed by atoms with Crippen molar-refractivity contribution in [2.45, 2.75) is 0 Å². The van der Waals surface area contributed by atoms with E-state index >= 15 is 0 Å². The minimum absolute atomic E-state index is 0.124. The number of halogens is 1. The zero-order valence-corrected chi connectivity index (χ0v) is 14.9. The predicted molar refractivity (Wildman–Crippen MR) is 104 cm³/mol. The molecule has 0 spiro atoms. The van der Waals surface area contributed by atoms with E-state index in [-0.39, 0.29) is 10.6 Å². The van der Waals surface area contributed by atoms with Crippen molar-refractivity contribution in [2.24, 2.45) is 4.99 Å². The van der Waals surface area contributed by atoms with Crippen LogP contribution in [0.3, 0.4) is 0 Å². The van der Waals surface area contributed by atoms with Gasteiger partial charge in [-0.3, -0.25) is 20.1 Å². The molecule has 2 aromatic carbocycles. The first-order valence-electron chi connectivity index (χ1n) is 8.03. The van der Waals surface area contributed by atoms with Crippen LogP contribution < -0.4 is 0 Å². The molecular formula is C19H11ClN4O4. The number of rotatable bonds is 4.